The van der Waals surface area contributed by atoms with E-state index < -0.39 is 39.2 Å². The summed E-state index contributed by atoms with van der Waals surface area (Å²) >= 11 is 0. The maximum atomic E-state index is 12.6. The van der Waals surface area contributed by atoms with Crippen LogP contribution in [0.1, 0.15) is 194 Å². The van der Waals surface area contributed by atoms with Gasteiger partial charge in [0.2, 0.25) is 0 Å². The number of carbonyl (C=O) groups excluding carboxylic acids is 1. The summed E-state index contributed by atoms with van der Waals surface area (Å²) in [6, 6.07) is 0. The average Bonchev–Trinajstić information content (AvgIpc) is 3.24. The van der Waals surface area contributed by atoms with Crippen LogP contribution in [0.4, 0.5) is 0 Å². The highest BCUT2D eigenvalue weighted by molar-refractivity contribution is 7.47. The van der Waals surface area contributed by atoms with Crippen molar-refractivity contribution in [3.63, 3.8) is 0 Å². The molecule has 0 saturated heterocycles. The number of esters is 1. The first-order valence-corrected chi connectivity index (χ1v) is 25.4. The predicted octanol–water partition coefficient (Wildman–Crippen LogP) is 13.7. The fourth-order valence-electron chi connectivity index (χ4n) is 6.30. The zero-order valence-corrected chi connectivity index (χ0v) is 39.1. The van der Waals surface area contributed by atoms with E-state index in [1.165, 1.54) is 77.0 Å². The van der Waals surface area contributed by atoms with Crippen LogP contribution in [-0.4, -0.2) is 66.3 Å². The van der Waals surface area contributed by atoms with Crippen LogP contribution in [0.5, 0.6) is 0 Å². The molecule has 0 spiro atoms. The summed E-state index contributed by atoms with van der Waals surface area (Å²) in [5, 5.41) is 18.4. The second-order valence-electron chi connectivity index (χ2n) is 15.8. The smallest absolute Gasteiger partial charge is 0.457 e. The minimum atomic E-state index is -4.53. The van der Waals surface area contributed by atoms with Crippen LogP contribution >= 0.6 is 7.82 Å². The number of ether oxygens (including phenoxy) is 2. The molecule has 0 aliphatic heterocycles. The third-order valence-corrected chi connectivity index (χ3v) is 10.9. The molecule has 0 aliphatic rings. The van der Waals surface area contributed by atoms with Crippen LogP contribution in [0, 0.1) is 0 Å². The monoisotopic (exact) mass is 865 g/mol. The normalized spacial score (nSPS) is 14.6. The third kappa shape index (κ3) is 45.4. The number of carbonyl (C=O) groups is 1. The largest absolute Gasteiger partial charge is 0.472 e. The Morgan fingerprint density at radius 2 is 0.950 bits per heavy atom. The van der Waals surface area contributed by atoms with Gasteiger partial charge in [-0.15, -0.1) is 0 Å². The molecule has 3 unspecified atom stereocenters. The number of aliphatic hydroxyl groups excluding tert-OH is 2. The summed E-state index contributed by atoms with van der Waals surface area (Å²) in [7, 11) is -4.53. The molecule has 0 saturated carbocycles. The summed E-state index contributed by atoms with van der Waals surface area (Å²) < 4.78 is 33.4. The molecule has 0 aromatic rings. The van der Waals surface area contributed by atoms with E-state index in [-0.39, 0.29) is 19.6 Å². The van der Waals surface area contributed by atoms with Gasteiger partial charge in [0.25, 0.3) is 0 Å². The fraction of sp³-hybridized carbons (Fsp3) is 0.740. The molecule has 60 heavy (non-hydrogen) atoms. The number of allylic oxidation sites excluding steroid dienone is 12. The first kappa shape index (κ1) is 57.9. The first-order valence-electron chi connectivity index (χ1n) is 23.9. The van der Waals surface area contributed by atoms with Crippen LogP contribution in [0.2, 0.25) is 0 Å². The van der Waals surface area contributed by atoms with Crippen molar-refractivity contribution in [3.05, 3.63) is 72.9 Å². The van der Waals surface area contributed by atoms with Gasteiger partial charge in [-0.3, -0.25) is 13.8 Å². The van der Waals surface area contributed by atoms with E-state index in [1.54, 1.807) is 0 Å². The van der Waals surface area contributed by atoms with Crippen molar-refractivity contribution in [1.82, 2.24) is 0 Å². The molecule has 0 aromatic carbocycles. The van der Waals surface area contributed by atoms with E-state index in [1.807, 2.05) is 0 Å². The topological polar surface area (TPSA) is 132 Å². The standard InChI is InChI=1S/C50H89O9P/c1-3-5-7-9-11-13-15-17-19-20-21-22-23-24-25-26-27-29-31-33-35-37-39-41-43-56-46-49(47-58-60(54,55)57-45-48(52)44-51)59-50(53)42-40-38-36-34-32-30-28-18-16-14-12-10-8-6-4-2/h5,7,11,13,17,19,21-22,24-25,27,29,48-49,51-52H,3-4,6,8-10,12,14-16,18,20,23,26,28,30-47H2,1-2H3,(H,54,55)/b7-5-,13-11-,19-17-,22-21-,25-24-,29-27-. The first-order chi connectivity index (χ1) is 29.3. The Morgan fingerprint density at radius 1 is 0.533 bits per heavy atom. The number of hydrogen-bond donors (Lipinski definition) is 3. The average molecular weight is 865 g/mol. The number of hydrogen-bond acceptors (Lipinski definition) is 8. The molecule has 0 bridgehead atoms. The molecule has 0 fully saturated rings. The van der Waals surface area contributed by atoms with Crippen molar-refractivity contribution < 1.29 is 43.0 Å². The Labute approximate surface area is 367 Å². The quantitative estimate of drug-likeness (QED) is 0.0237. The lowest BCUT2D eigenvalue weighted by atomic mass is 10.0. The minimum Gasteiger partial charge on any atom is -0.457 e. The Balaban J connectivity index is 4.16. The number of unbranched alkanes of at least 4 members (excludes halogenated alkanes) is 19. The Kier molecular flexibility index (Phi) is 44.8. The summed E-state index contributed by atoms with van der Waals surface area (Å²) in [5.74, 6) is -0.391. The van der Waals surface area contributed by atoms with Crippen LogP contribution in [-0.2, 0) is 27.9 Å². The molecule has 0 radical (unpaired) electrons. The van der Waals surface area contributed by atoms with Crippen LogP contribution in [0.25, 0.3) is 0 Å². The van der Waals surface area contributed by atoms with Gasteiger partial charge in [0.1, 0.15) is 12.2 Å². The van der Waals surface area contributed by atoms with Crippen LogP contribution in [0.3, 0.4) is 0 Å². The van der Waals surface area contributed by atoms with Crippen LogP contribution < -0.4 is 0 Å². The lowest BCUT2D eigenvalue weighted by Crippen LogP contribution is -2.29. The van der Waals surface area contributed by atoms with E-state index in [0.29, 0.717) is 6.61 Å². The highest BCUT2D eigenvalue weighted by Crippen LogP contribution is 2.43. The highest BCUT2D eigenvalue weighted by atomic mass is 31.2. The molecule has 0 heterocycles. The Bertz CT molecular complexity index is 1160. The molecular weight excluding hydrogens is 776 g/mol. The maximum absolute atomic E-state index is 12.6. The summed E-state index contributed by atoms with van der Waals surface area (Å²) in [5.41, 5.74) is 0. The summed E-state index contributed by atoms with van der Waals surface area (Å²) in [4.78, 5) is 22.6. The van der Waals surface area contributed by atoms with Gasteiger partial charge in [-0.1, -0.05) is 196 Å². The zero-order chi connectivity index (χ0) is 43.9. The lowest BCUT2D eigenvalue weighted by molar-refractivity contribution is -0.154. The van der Waals surface area contributed by atoms with Gasteiger partial charge in [-0.25, -0.2) is 4.57 Å². The molecule has 348 valence electrons. The van der Waals surface area contributed by atoms with Gasteiger partial charge in [0.05, 0.1) is 26.4 Å². The second-order valence-corrected chi connectivity index (χ2v) is 17.2. The van der Waals surface area contributed by atoms with Gasteiger partial charge in [-0.05, 0) is 64.2 Å². The third-order valence-electron chi connectivity index (χ3n) is 9.91. The van der Waals surface area contributed by atoms with Gasteiger partial charge in [0.15, 0.2) is 0 Å². The molecule has 3 atom stereocenters. The number of aliphatic hydroxyl groups is 2. The van der Waals surface area contributed by atoms with E-state index in [4.69, 9.17) is 23.6 Å². The molecular formula is C50H89O9P. The lowest BCUT2D eigenvalue weighted by Gasteiger charge is -2.20. The van der Waals surface area contributed by atoms with Gasteiger partial charge >= 0.3 is 13.8 Å². The maximum Gasteiger partial charge on any atom is 0.472 e. The van der Waals surface area contributed by atoms with Gasteiger partial charge in [0, 0.05) is 13.0 Å². The molecule has 0 aromatic heterocycles. The molecule has 0 rings (SSSR count). The Hall–Kier alpha value is -2.10. The van der Waals surface area contributed by atoms with Crippen molar-refractivity contribution in [2.45, 2.75) is 206 Å². The summed E-state index contributed by atoms with van der Waals surface area (Å²) in [6.45, 7) is 3.36. The molecule has 0 amide bonds. The van der Waals surface area contributed by atoms with Gasteiger partial charge < -0.3 is 24.6 Å². The van der Waals surface area contributed by atoms with Crippen molar-refractivity contribution in [1.29, 1.82) is 0 Å². The fourth-order valence-corrected chi connectivity index (χ4v) is 7.09. The van der Waals surface area contributed by atoms with Crippen molar-refractivity contribution >= 4 is 13.8 Å². The SMILES string of the molecule is CC/C=C\C/C=C\C/C=C\C/C=C\C/C=C\C/C=C\CCCCCCCOCC(COP(=O)(O)OCC(O)CO)OC(=O)CCCCCCCCCCCCCCCCC. The number of phosphoric acid groups is 1. The predicted molar refractivity (Wildman–Crippen MR) is 251 cm³/mol. The van der Waals surface area contributed by atoms with Crippen molar-refractivity contribution in [2.24, 2.45) is 0 Å². The zero-order valence-electron chi connectivity index (χ0n) is 38.2. The van der Waals surface area contributed by atoms with Crippen molar-refractivity contribution in [3.8, 4) is 0 Å². The molecule has 10 heteroatoms. The van der Waals surface area contributed by atoms with E-state index >= 15 is 0 Å². The minimum absolute atomic E-state index is 0.0343. The van der Waals surface area contributed by atoms with Crippen molar-refractivity contribution in [2.75, 3.05) is 33.0 Å². The molecule has 9 nitrogen and oxygen atoms in total. The Morgan fingerprint density at radius 3 is 1.43 bits per heavy atom. The van der Waals surface area contributed by atoms with E-state index in [0.717, 1.165) is 96.3 Å². The second kappa shape index (κ2) is 46.4. The molecule has 3 N–H and O–H groups in total. The highest BCUT2D eigenvalue weighted by Gasteiger charge is 2.26. The number of phosphoric ester groups is 1. The molecule has 0 aliphatic carbocycles. The summed E-state index contributed by atoms with van der Waals surface area (Å²) in [6.07, 6.45) is 55.7. The number of rotatable bonds is 45. The van der Waals surface area contributed by atoms with E-state index in [9.17, 15) is 19.4 Å². The van der Waals surface area contributed by atoms with Crippen LogP contribution in [0.15, 0.2) is 72.9 Å². The van der Waals surface area contributed by atoms with Gasteiger partial charge in [-0.2, -0.15) is 0 Å². The van der Waals surface area contributed by atoms with E-state index in [2.05, 4.69) is 86.8 Å².